The number of morpholine rings is 1. The van der Waals surface area contributed by atoms with Crippen LogP contribution in [0.5, 0.6) is 0 Å². The third kappa shape index (κ3) is 8.71. The fourth-order valence-electron chi connectivity index (χ4n) is 2.38. The van der Waals surface area contributed by atoms with Gasteiger partial charge in [0.1, 0.15) is 0 Å². The summed E-state index contributed by atoms with van der Waals surface area (Å²) in [6.07, 6.45) is 4.74. The van der Waals surface area contributed by atoms with E-state index < -0.39 is 11.9 Å². The number of ether oxygens (including phenoxy) is 2. The molecule has 0 aromatic heterocycles. The maximum Gasteiger partial charge on any atom is 0.334 e. The van der Waals surface area contributed by atoms with Gasteiger partial charge in [-0.25, -0.2) is 9.59 Å². The van der Waals surface area contributed by atoms with Crippen LogP contribution < -0.4 is 0 Å². The van der Waals surface area contributed by atoms with Gasteiger partial charge in [0.05, 0.1) is 19.3 Å². The zero-order chi connectivity index (χ0) is 17.1. The Morgan fingerprint density at radius 2 is 1.96 bits per heavy atom. The molecule has 1 saturated heterocycles. The highest BCUT2D eigenvalue weighted by molar-refractivity contribution is 5.95. The molecule has 0 aliphatic carbocycles. The SMILES string of the molecule is CCC(C)OC(=O)/C(=C/C(=O)O)CCCCCN1CCOCC1. The van der Waals surface area contributed by atoms with Crippen molar-refractivity contribution >= 4 is 11.9 Å². The first-order valence-electron chi connectivity index (χ1n) is 8.47. The minimum Gasteiger partial charge on any atom is -0.478 e. The van der Waals surface area contributed by atoms with Gasteiger partial charge in [0.25, 0.3) is 0 Å². The predicted molar refractivity (Wildman–Crippen MR) is 87.3 cm³/mol. The summed E-state index contributed by atoms with van der Waals surface area (Å²) >= 11 is 0. The fraction of sp³-hybridized carbons (Fsp3) is 0.765. The van der Waals surface area contributed by atoms with Crippen LogP contribution in [0.25, 0.3) is 0 Å². The van der Waals surface area contributed by atoms with Crippen LogP contribution in [0.3, 0.4) is 0 Å². The molecule has 132 valence electrons. The fourth-order valence-corrected chi connectivity index (χ4v) is 2.38. The summed E-state index contributed by atoms with van der Waals surface area (Å²) < 4.78 is 10.5. The molecule has 6 nitrogen and oxygen atoms in total. The molecule has 1 aliphatic heterocycles. The summed E-state index contributed by atoms with van der Waals surface area (Å²) in [5.41, 5.74) is 0.254. The van der Waals surface area contributed by atoms with E-state index in [2.05, 4.69) is 4.90 Å². The van der Waals surface area contributed by atoms with E-state index in [4.69, 9.17) is 14.6 Å². The van der Waals surface area contributed by atoms with Gasteiger partial charge in [-0.15, -0.1) is 0 Å². The molecule has 1 N–H and O–H groups in total. The number of hydrogen-bond acceptors (Lipinski definition) is 5. The third-order valence-corrected chi connectivity index (χ3v) is 3.97. The van der Waals surface area contributed by atoms with Crippen molar-refractivity contribution in [2.75, 3.05) is 32.8 Å². The van der Waals surface area contributed by atoms with Gasteiger partial charge in [-0.2, -0.15) is 0 Å². The zero-order valence-electron chi connectivity index (χ0n) is 14.3. The Morgan fingerprint density at radius 3 is 2.57 bits per heavy atom. The normalized spacial score (nSPS) is 17.7. The number of carboxylic acid groups (broad SMARTS) is 1. The van der Waals surface area contributed by atoms with E-state index in [-0.39, 0.29) is 11.7 Å². The number of esters is 1. The number of aliphatic carboxylic acids is 1. The first-order valence-corrected chi connectivity index (χ1v) is 8.47. The second kappa shape index (κ2) is 11.2. The number of carboxylic acids is 1. The van der Waals surface area contributed by atoms with Crippen LogP contribution in [0.2, 0.25) is 0 Å². The zero-order valence-corrected chi connectivity index (χ0v) is 14.3. The Hall–Kier alpha value is -1.40. The van der Waals surface area contributed by atoms with Gasteiger partial charge in [-0.3, -0.25) is 4.90 Å². The molecule has 1 rings (SSSR count). The van der Waals surface area contributed by atoms with E-state index >= 15 is 0 Å². The molecule has 1 aliphatic rings. The van der Waals surface area contributed by atoms with Crippen molar-refractivity contribution in [3.63, 3.8) is 0 Å². The van der Waals surface area contributed by atoms with E-state index in [1.54, 1.807) is 6.92 Å². The monoisotopic (exact) mass is 327 g/mol. The topological polar surface area (TPSA) is 76.1 Å². The highest BCUT2D eigenvalue weighted by Gasteiger charge is 2.15. The van der Waals surface area contributed by atoms with E-state index in [0.29, 0.717) is 12.8 Å². The molecular weight excluding hydrogens is 298 g/mol. The van der Waals surface area contributed by atoms with Crippen LogP contribution in [0.1, 0.15) is 46.0 Å². The molecule has 1 heterocycles. The maximum absolute atomic E-state index is 12.0. The lowest BCUT2D eigenvalue weighted by Gasteiger charge is -2.26. The van der Waals surface area contributed by atoms with E-state index in [1.807, 2.05) is 6.92 Å². The second-order valence-corrected chi connectivity index (χ2v) is 5.90. The van der Waals surface area contributed by atoms with Gasteiger partial charge in [0.15, 0.2) is 0 Å². The van der Waals surface area contributed by atoms with Gasteiger partial charge in [-0.05, 0) is 39.2 Å². The van der Waals surface area contributed by atoms with E-state index in [9.17, 15) is 9.59 Å². The number of carbonyl (C=O) groups is 2. The molecule has 0 saturated carbocycles. The Morgan fingerprint density at radius 1 is 1.26 bits per heavy atom. The number of hydrogen-bond donors (Lipinski definition) is 1. The summed E-state index contributed by atoms with van der Waals surface area (Å²) in [5.74, 6) is -1.61. The molecule has 0 spiro atoms. The quantitative estimate of drug-likeness (QED) is 0.377. The molecule has 1 fully saturated rings. The van der Waals surface area contributed by atoms with Crippen molar-refractivity contribution in [2.45, 2.75) is 52.1 Å². The number of nitrogens with zero attached hydrogens (tertiary/aromatic N) is 1. The molecule has 6 heteroatoms. The molecule has 0 aromatic carbocycles. The van der Waals surface area contributed by atoms with Gasteiger partial charge >= 0.3 is 11.9 Å². The Balaban J connectivity index is 2.30. The van der Waals surface area contributed by atoms with Crippen molar-refractivity contribution < 1.29 is 24.2 Å². The molecule has 1 unspecified atom stereocenters. The smallest absolute Gasteiger partial charge is 0.334 e. The van der Waals surface area contributed by atoms with Gasteiger partial charge < -0.3 is 14.6 Å². The lowest BCUT2D eigenvalue weighted by Crippen LogP contribution is -2.36. The standard InChI is InChI=1S/C17H29NO5/c1-3-14(2)23-17(21)15(13-16(19)20)7-5-4-6-8-18-9-11-22-12-10-18/h13-14H,3-12H2,1-2H3,(H,19,20)/b15-13+. The van der Waals surface area contributed by atoms with Crippen molar-refractivity contribution in [3.8, 4) is 0 Å². The molecule has 0 bridgehead atoms. The van der Waals surface area contributed by atoms with Gasteiger partial charge in [0, 0.05) is 24.7 Å². The third-order valence-electron chi connectivity index (χ3n) is 3.97. The molecule has 0 amide bonds. The highest BCUT2D eigenvalue weighted by Crippen LogP contribution is 2.13. The predicted octanol–water partition coefficient (Wildman–Crippen LogP) is 2.23. The summed E-state index contributed by atoms with van der Waals surface area (Å²) in [7, 11) is 0. The largest absolute Gasteiger partial charge is 0.478 e. The number of carbonyl (C=O) groups excluding carboxylic acids is 1. The van der Waals surface area contributed by atoms with Crippen molar-refractivity contribution in [1.29, 1.82) is 0 Å². The summed E-state index contributed by atoms with van der Waals surface area (Å²) in [4.78, 5) is 25.2. The van der Waals surface area contributed by atoms with Crippen LogP contribution in [-0.4, -0.2) is 60.9 Å². The summed E-state index contributed by atoms with van der Waals surface area (Å²) in [6, 6.07) is 0. The molecule has 0 aromatic rings. The average Bonchev–Trinajstić information content (AvgIpc) is 2.53. The highest BCUT2D eigenvalue weighted by atomic mass is 16.5. The first kappa shape index (κ1) is 19.6. The average molecular weight is 327 g/mol. The van der Waals surface area contributed by atoms with Crippen LogP contribution in [0, 0.1) is 0 Å². The second-order valence-electron chi connectivity index (χ2n) is 5.90. The van der Waals surface area contributed by atoms with Crippen LogP contribution in [0.15, 0.2) is 11.6 Å². The Bertz CT molecular complexity index is 402. The van der Waals surface area contributed by atoms with E-state index in [0.717, 1.165) is 58.2 Å². The van der Waals surface area contributed by atoms with E-state index in [1.165, 1.54) is 0 Å². The molecule has 23 heavy (non-hydrogen) atoms. The minimum atomic E-state index is -1.10. The van der Waals surface area contributed by atoms with Crippen molar-refractivity contribution in [1.82, 2.24) is 4.90 Å². The van der Waals surface area contributed by atoms with Crippen LogP contribution in [0.4, 0.5) is 0 Å². The van der Waals surface area contributed by atoms with Gasteiger partial charge in [-0.1, -0.05) is 13.3 Å². The van der Waals surface area contributed by atoms with Crippen molar-refractivity contribution in [3.05, 3.63) is 11.6 Å². The molecule has 1 atom stereocenters. The van der Waals surface area contributed by atoms with Crippen LogP contribution >= 0.6 is 0 Å². The maximum atomic E-state index is 12.0. The summed E-state index contributed by atoms with van der Waals surface area (Å²) in [6.45, 7) is 8.30. The molecular formula is C17H29NO5. The number of unbranched alkanes of at least 4 members (excludes halogenated alkanes) is 2. The lowest BCUT2D eigenvalue weighted by molar-refractivity contribution is -0.144. The van der Waals surface area contributed by atoms with Gasteiger partial charge in [0.2, 0.25) is 0 Å². The Kier molecular flexibility index (Phi) is 9.55. The van der Waals surface area contributed by atoms with Crippen molar-refractivity contribution in [2.24, 2.45) is 0 Å². The Labute approximate surface area is 138 Å². The summed E-state index contributed by atoms with van der Waals surface area (Å²) in [5, 5.41) is 8.89. The number of rotatable bonds is 10. The van der Waals surface area contributed by atoms with Crippen LogP contribution in [-0.2, 0) is 19.1 Å². The lowest BCUT2D eigenvalue weighted by atomic mass is 10.1. The first-order chi connectivity index (χ1) is 11.0. The minimum absolute atomic E-state index is 0.194. The molecule has 0 radical (unpaired) electrons.